The van der Waals surface area contributed by atoms with Crippen LogP contribution in [0.15, 0.2) is 5.38 Å². The Morgan fingerprint density at radius 3 is 2.35 bits per heavy atom. The van der Waals surface area contributed by atoms with Crippen LogP contribution in [0.3, 0.4) is 0 Å². The average Bonchev–Trinajstić information content (AvgIpc) is 3.46. The summed E-state index contributed by atoms with van der Waals surface area (Å²) >= 11 is 1.17. The lowest BCUT2D eigenvalue weighted by atomic mass is 9.91. The van der Waals surface area contributed by atoms with E-state index in [2.05, 4.69) is 15.6 Å². The van der Waals surface area contributed by atoms with E-state index >= 15 is 0 Å². The van der Waals surface area contributed by atoms with Gasteiger partial charge in [-0.2, -0.15) is 0 Å². The summed E-state index contributed by atoms with van der Waals surface area (Å²) in [4.78, 5) is 58.5. The number of nitrogens with one attached hydrogen (secondary N) is 2. The van der Waals surface area contributed by atoms with Crippen LogP contribution in [-0.4, -0.2) is 81.8 Å². The Morgan fingerprint density at radius 1 is 1.24 bits per heavy atom. The predicted molar refractivity (Wildman–Crippen MR) is 143 cm³/mol. The molecule has 0 bridgehead atoms. The standard InChI is InChI=1S/C26H43N5O5S/c1-9-16(4)21(29-25(36)26(6)11-10-12-30(26)7)23(33)31(8)20(15(2)3)13-18(27-17(5)32)22-28-19(14-37-22)24(34)35/h14-16,18,20-21H,9-13H2,1-8H3,(H,27,32)(H,29,36)(H,34,35)/t16-,18+,20+,21-,26+/m0/s1. The maximum atomic E-state index is 13.9. The van der Waals surface area contributed by atoms with Gasteiger partial charge in [-0.05, 0) is 51.6 Å². The first-order valence-corrected chi connectivity index (χ1v) is 13.9. The molecule has 1 aliphatic heterocycles. The largest absolute Gasteiger partial charge is 0.476 e. The van der Waals surface area contributed by atoms with Crippen LogP contribution in [0.2, 0.25) is 0 Å². The molecule has 1 aromatic heterocycles. The highest BCUT2D eigenvalue weighted by Crippen LogP contribution is 2.30. The molecule has 3 amide bonds. The lowest BCUT2D eigenvalue weighted by molar-refractivity contribution is -0.142. The van der Waals surface area contributed by atoms with Gasteiger partial charge in [-0.3, -0.25) is 19.3 Å². The van der Waals surface area contributed by atoms with Crippen molar-refractivity contribution < 1.29 is 24.3 Å². The van der Waals surface area contributed by atoms with Crippen LogP contribution in [0.5, 0.6) is 0 Å². The third-order valence-electron chi connectivity index (χ3n) is 7.76. The van der Waals surface area contributed by atoms with Crippen LogP contribution < -0.4 is 10.6 Å². The first-order chi connectivity index (χ1) is 17.2. The number of carboxylic acids is 1. The van der Waals surface area contributed by atoms with Gasteiger partial charge in [0.1, 0.15) is 11.0 Å². The Hall–Kier alpha value is -2.53. The van der Waals surface area contributed by atoms with Gasteiger partial charge in [0.2, 0.25) is 17.7 Å². The van der Waals surface area contributed by atoms with Crippen molar-refractivity contribution >= 4 is 35.0 Å². The lowest BCUT2D eigenvalue weighted by Gasteiger charge is -2.38. The second-order valence-electron chi connectivity index (χ2n) is 10.8. The highest BCUT2D eigenvalue weighted by atomic mass is 32.1. The zero-order valence-corrected chi connectivity index (χ0v) is 24.1. The Kier molecular flexibility index (Phi) is 10.6. The minimum Gasteiger partial charge on any atom is -0.476 e. The molecule has 1 aliphatic rings. The Balaban J connectivity index is 2.31. The van der Waals surface area contributed by atoms with Gasteiger partial charge < -0.3 is 20.6 Å². The highest BCUT2D eigenvalue weighted by Gasteiger charge is 2.43. The number of rotatable bonds is 12. The molecule has 0 spiro atoms. The fraction of sp³-hybridized carbons (Fsp3) is 0.731. The minimum atomic E-state index is -1.13. The molecule has 37 heavy (non-hydrogen) atoms. The molecule has 0 unspecified atom stereocenters. The van der Waals surface area contributed by atoms with Gasteiger partial charge in [-0.15, -0.1) is 11.3 Å². The zero-order valence-electron chi connectivity index (χ0n) is 23.3. The Bertz CT molecular complexity index is 982. The van der Waals surface area contributed by atoms with Crippen LogP contribution in [0.25, 0.3) is 0 Å². The van der Waals surface area contributed by atoms with E-state index < -0.39 is 23.6 Å². The maximum absolute atomic E-state index is 13.9. The smallest absolute Gasteiger partial charge is 0.355 e. The van der Waals surface area contributed by atoms with Crippen molar-refractivity contribution in [2.75, 3.05) is 20.6 Å². The molecular formula is C26H43N5O5S. The van der Waals surface area contributed by atoms with E-state index in [-0.39, 0.29) is 41.3 Å². The van der Waals surface area contributed by atoms with Gasteiger partial charge in [-0.1, -0.05) is 34.1 Å². The number of likely N-dealkylation sites (tertiary alicyclic amines) is 1. The number of carbonyl (C=O) groups is 4. The van der Waals surface area contributed by atoms with Gasteiger partial charge in [0, 0.05) is 25.4 Å². The van der Waals surface area contributed by atoms with E-state index in [0.717, 1.165) is 25.8 Å². The first kappa shape index (κ1) is 30.7. The minimum absolute atomic E-state index is 0.0240. The number of aromatic carboxylic acids is 1. The first-order valence-electron chi connectivity index (χ1n) is 13.0. The fourth-order valence-corrected chi connectivity index (χ4v) is 5.74. The van der Waals surface area contributed by atoms with Crippen LogP contribution in [0, 0.1) is 11.8 Å². The van der Waals surface area contributed by atoms with Gasteiger partial charge in [0.15, 0.2) is 5.69 Å². The average molecular weight is 538 g/mol. The summed E-state index contributed by atoms with van der Waals surface area (Å²) in [6.07, 6.45) is 2.75. The number of aromatic nitrogens is 1. The summed E-state index contributed by atoms with van der Waals surface area (Å²) in [6.45, 7) is 12.1. The molecule has 11 heteroatoms. The van der Waals surface area contributed by atoms with Crippen LogP contribution >= 0.6 is 11.3 Å². The monoisotopic (exact) mass is 537 g/mol. The molecule has 1 aromatic rings. The summed E-state index contributed by atoms with van der Waals surface area (Å²) in [6, 6.07) is -1.54. The molecule has 0 aliphatic carbocycles. The molecule has 1 fully saturated rings. The van der Waals surface area contributed by atoms with Gasteiger partial charge in [0.05, 0.1) is 11.6 Å². The van der Waals surface area contributed by atoms with E-state index in [4.69, 9.17) is 0 Å². The predicted octanol–water partition coefficient (Wildman–Crippen LogP) is 2.91. The molecule has 1 saturated heterocycles. The van der Waals surface area contributed by atoms with Crippen molar-refractivity contribution in [1.82, 2.24) is 25.4 Å². The topological polar surface area (TPSA) is 132 Å². The van der Waals surface area contributed by atoms with Crippen LogP contribution in [0.1, 0.15) is 88.8 Å². The third kappa shape index (κ3) is 7.28. The second-order valence-corrected chi connectivity index (χ2v) is 11.7. The molecule has 3 N–H and O–H groups in total. The van der Waals surface area contributed by atoms with Crippen molar-refractivity contribution in [2.45, 2.75) is 90.9 Å². The van der Waals surface area contributed by atoms with Crippen LogP contribution in [0.4, 0.5) is 0 Å². The molecular weight excluding hydrogens is 494 g/mol. The van der Waals surface area contributed by atoms with Gasteiger partial charge >= 0.3 is 5.97 Å². The fourth-order valence-electron chi connectivity index (χ4n) is 4.88. The molecule has 2 heterocycles. The van der Waals surface area contributed by atoms with Crippen molar-refractivity contribution in [3.05, 3.63) is 16.1 Å². The number of carbonyl (C=O) groups excluding carboxylic acids is 3. The molecule has 10 nitrogen and oxygen atoms in total. The van der Waals surface area contributed by atoms with E-state index in [1.807, 2.05) is 46.6 Å². The summed E-state index contributed by atoms with van der Waals surface area (Å²) in [5.41, 5.74) is -0.726. The number of nitrogens with zero attached hydrogens (tertiary/aromatic N) is 3. The van der Waals surface area contributed by atoms with Crippen molar-refractivity contribution in [1.29, 1.82) is 0 Å². The van der Waals surface area contributed by atoms with Gasteiger partial charge in [0.25, 0.3) is 0 Å². The number of hydrogen-bond acceptors (Lipinski definition) is 7. The second kappa shape index (κ2) is 12.8. The van der Waals surface area contributed by atoms with Crippen molar-refractivity contribution in [3.63, 3.8) is 0 Å². The SMILES string of the molecule is CC[C@H](C)[C@H](NC(=O)[C@@]1(C)CCCN1C)C(=O)N(C)[C@H](C[C@@H](NC(C)=O)c1nc(C(=O)O)cs1)C(C)C. The van der Waals surface area contributed by atoms with Crippen molar-refractivity contribution in [2.24, 2.45) is 11.8 Å². The number of thiazole rings is 1. The van der Waals surface area contributed by atoms with E-state index in [0.29, 0.717) is 11.4 Å². The molecule has 5 atom stereocenters. The van der Waals surface area contributed by atoms with Gasteiger partial charge in [-0.25, -0.2) is 9.78 Å². The van der Waals surface area contributed by atoms with E-state index in [9.17, 15) is 24.3 Å². The Labute approximate surface area is 224 Å². The molecule has 2 rings (SSSR count). The third-order valence-corrected chi connectivity index (χ3v) is 8.72. The normalized spacial score (nSPS) is 21.2. The summed E-state index contributed by atoms with van der Waals surface area (Å²) in [5.74, 6) is -1.78. The molecule has 0 radical (unpaired) electrons. The van der Waals surface area contributed by atoms with E-state index in [1.165, 1.54) is 23.6 Å². The molecule has 208 valence electrons. The number of carboxylic acid groups (broad SMARTS) is 1. The zero-order chi connectivity index (χ0) is 28.1. The summed E-state index contributed by atoms with van der Waals surface area (Å²) in [5, 5.41) is 17.1. The summed E-state index contributed by atoms with van der Waals surface area (Å²) < 4.78 is 0. The summed E-state index contributed by atoms with van der Waals surface area (Å²) in [7, 11) is 3.66. The molecule has 0 saturated carbocycles. The Morgan fingerprint density at radius 2 is 1.89 bits per heavy atom. The number of hydrogen-bond donors (Lipinski definition) is 3. The van der Waals surface area contributed by atoms with Crippen molar-refractivity contribution in [3.8, 4) is 0 Å². The molecule has 0 aromatic carbocycles. The quantitative estimate of drug-likeness (QED) is 0.373. The maximum Gasteiger partial charge on any atom is 0.355 e. The van der Waals surface area contributed by atoms with Crippen LogP contribution in [-0.2, 0) is 14.4 Å². The number of likely N-dealkylation sites (N-methyl/N-ethyl adjacent to an activating group) is 2. The van der Waals surface area contributed by atoms with E-state index in [1.54, 1.807) is 11.9 Å². The number of amides is 3. The highest BCUT2D eigenvalue weighted by molar-refractivity contribution is 7.09. The lowest BCUT2D eigenvalue weighted by Crippen LogP contribution is -2.60.